The molecule has 1 aromatic rings. The minimum absolute atomic E-state index is 0.0488. The van der Waals surface area contributed by atoms with Gasteiger partial charge in [0.15, 0.2) is 5.92 Å². The van der Waals surface area contributed by atoms with Gasteiger partial charge >= 0.3 is 11.9 Å². The van der Waals surface area contributed by atoms with Gasteiger partial charge in [-0.25, -0.2) is 0 Å². The number of benzene rings is 1. The Morgan fingerprint density at radius 1 is 0.846 bits per heavy atom. The normalized spacial score (nSPS) is 13.2. The van der Waals surface area contributed by atoms with Gasteiger partial charge in [0.25, 0.3) is 0 Å². The number of Topliss-reactive ketones (excluding diaryl/α,β-unsaturated/α-hetero) is 1. The summed E-state index contributed by atoms with van der Waals surface area (Å²) in [7, 11) is 0. The summed E-state index contributed by atoms with van der Waals surface area (Å²) in [5.74, 6) is -3.32. The lowest BCUT2D eigenvalue weighted by molar-refractivity contribution is -0.175. The van der Waals surface area contributed by atoms with Crippen molar-refractivity contribution in [2.75, 3.05) is 0 Å². The van der Waals surface area contributed by atoms with E-state index < -0.39 is 35.0 Å². The van der Waals surface area contributed by atoms with Crippen molar-refractivity contribution in [3.8, 4) is 0 Å². The van der Waals surface area contributed by atoms with Crippen LogP contribution in [-0.4, -0.2) is 28.9 Å². The van der Waals surface area contributed by atoms with Crippen molar-refractivity contribution in [2.24, 2.45) is 5.92 Å². The molecule has 144 valence electrons. The fourth-order valence-electron chi connectivity index (χ4n) is 2.59. The van der Waals surface area contributed by atoms with E-state index >= 15 is 0 Å². The average molecular weight is 362 g/mol. The molecular formula is C21H30O5. The highest BCUT2D eigenvalue weighted by atomic mass is 16.6. The van der Waals surface area contributed by atoms with Crippen molar-refractivity contribution >= 4 is 17.7 Å². The first-order valence-electron chi connectivity index (χ1n) is 8.80. The third-order valence-corrected chi connectivity index (χ3v) is 3.46. The predicted molar refractivity (Wildman–Crippen MR) is 99.7 cm³/mol. The molecule has 1 rings (SSSR count). The molecule has 0 amide bonds. The van der Waals surface area contributed by atoms with E-state index in [0.717, 1.165) is 5.56 Å². The zero-order chi connectivity index (χ0) is 20.1. The Morgan fingerprint density at radius 3 is 1.62 bits per heavy atom. The quantitative estimate of drug-likeness (QED) is 0.564. The van der Waals surface area contributed by atoms with Crippen molar-refractivity contribution in [1.29, 1.82) is 0 Å². The fourth-order valence-corrected chi connectivity index (χ4v) is 2.59. The summed E-state index contributed by atoms with van der Waals surface area (Å²) in [5.41, 5.74) is -0.784. The molecule has 0 aliphatic heterocycles. The second-order valence-electron chi connectivity index (χ2n) is 8.47. The number of carbonyl (C=O) groups is 3. The maximum atomic E-state index is 12.8. The molecule has 1 atom stereocenters. The SMILES string of the molecule is CC(=O)C[C@@H](c1ccccc1)C(C(=O)OC(C)(C)C)C(=O)OC(C)(C)C. The number of esters is 2. The summed E-state index contributed by atoms with van der Waals surface area (Å²) >= 11 is 0. The zero-order valence-electron chi connectivity index (χ0n) is 16.8. The highest BCUT2D eigenvalue weighted by Crippen LogP contribution is 2.33. The van der Waals surface area contributed by atoms with Crippen molar-refractivity contribution in [3.63, 3.8) is 0 Å². The zero-order valence-corrected chi connectivity index (χ0v) is 16.8. The van der Waals surface area contributed by atoms with E-state index in [9.17, 15) is 14.4 Å². The summed E-state index contributed by atoms with van der Waals surface area (Å²) in [5, 5.41) is 0. The fraction of sp³-hybridized carbons (Fsp3) is 0.571. The second-order valence-corrected chi connectivity index (χ2v) is 8.47. The smallest absolute Gasteiger partial charge is 0.321 e. The van der Waals surface area contributed by atoms with Crippen molar-refractivity contribution in [2.45, 2.75) is 72.0 Å². The molecule has 0 N–H and O–H groups in total. The van der Waals surface area contributed by atoms with Crippen LogP contribution in [0.1, 0.15) is 66.4 Å². The molecule has 0 radical (unpaired) electrons. The average Bonchev–Trinajstić information content (AvgIpc) is 2.43. The lowest BCUT2D eigenvalue weighted by Crippen LogP contribution is -2.40. The van der Waals surface area contributed by atoms with Crippen LogP contribution >= 0.6 is 0 Å². The molecule has 0 aliphatic rings. The molecule has 0 bridgehead atoms. The molecule has 0 aromatic heterocycles. The molecule has 26 heavy (non-hydrogen) atoms. The van der Waals surface area contributed by atoms with Crippen LogP contribution in [0, 0.1) is 5.92 Å². The van der Waals surface area contributed by atoms with Crippen molar-refractivity contribution < 1.29 is 23.9 Å². The number of hydrogen-bond donors (Lipinski definition) is 0. The number of ketones is 1. The summed E-state index contributed by atoms with van der Waals surface area (Å²) < 4.78 is 10.9. The van der Waals surface area contributed by atoms with Crippen molar-refractivity contribution in [3.05, 3.63) is 35.9 Å². The van der Waals surface area contributed by atoms with E-state index in [1.165, 1.54) is 6.92 Å². The van der Waals surface area contributed by atoms with Crippen LogP contribution in [0.25, 0.3) is 0 Å². The molecule has 0 spiro atoms. The highest BCUT2D eigenvalue weighted by Gasteiger charge is 2.41. The van der Waals surface area contributed by atoms with Crippen LogP contribution < -0.4 is 0 Å². The number of ether oxygens (including phenoxy) is 2. The predicted octanol–water partition coefficient (Wildman–Crippen LogP) is 4.05. The maximum Gasteiger partial charge on any atom is 0.321 e. The van der Waals surface area contributed by atoms with Gasteiger partial charge in [-0.15, -0.1) is 0 Å². The summed E-state index contributed by atoms with van der Waals surface area (Å²) in [6.45, 7) is 11.9. The molecule has 0 fully saturated rings. The van der Waals surface area contributed by atoms with Gasteiger partial charge < -0.3 is 14.3 Å². The van der Waals surface area contributed by atoms with Gasteiger partial charge in [0, 0.05) is 12.3 Å². The number of rotatable bonds is 6. The highest BCUT2D eigenvalue weighted by molar-refractivity contribution is 5.97. The second kappa shape index (κ2) is 8.47. The van der Waals surface area contributed by atoms with Gasteiger partial charge in [0.1, 0.15) is 17.0 Å². The first-order chi connectivity index (χ1) is 11.8. The van der Waals surface area contributed by atoms with E-state index in [0.29, 0.717) is 0 Å². The summed E-state index contributed by atoms with van der Waals surface area (Å²) in [4.78, 5) is 37.5. The van der Waals surface area contributed by atoms with Crippen LogP contribution in [0.15, 0.2) is 30.3 Å². The molecular weight excluding hydrogens is 332 g/mol. The van der Waals surface area contributed by atoms with E-state index in [2.05, 4.69) is 0 Å². The molecule has 0 heterocycles. The topological polar surface area (TPSA) is 69.7 Å². The van der Waals surface area contributed by atoms with Gasteiger partial charge in [-0.05, 0) is 54.0 Å². The van der Waals surface area contributed by atoms with Crippen molar-refractivity contribution in [1.82, 2.24) is 0 Å². The Kier molecular flexibility index (Phi) is 7.13. The lowest BCUT2D eigenvalue weighted by atomic mass is 9.82. The molecule has 0 unspecified atom stereocenters. The van der Waals surface area contributed by atoms with E-state index in [4.69, 9.17) is 9.47 Å². The van der Waals surface area contributed by atoms with Gasteiger partial charge in [0.05, 0.1) is 0 Å². The van der Waals surface area contributed by atoms with Crippen LogP contribution in [0.2, 0.25) is 0 Å². The van der Waals surface area contributed by atoms with Crippen LogP contribution in [0.5, 0.6) is 0 Å². The molecule has 5 nitrogen and oxygen atoms in total. The Hall–Kier alpha value is -2.17. The number of carbonyl (C=O) groups excluding carboxylic acids is 3. The van der Waals surface area contributed by atoms with Crippen LogP contribution in [0.3, 0.4) is 0 Å². The standard InChI is InChI=1S/C21H30O5/c1-14(22)13-16(15-11-9-8-10-12-15)17(18(23)25-20(2,3)4)19(24)26-21(5,6)7/h8-12,16-17H,13H2,1-7H3/t16-/m0/s1. The minimum atomic E-state index is -1.21. The first kappa shape index (κ1) is 21.9. The minimum Gasteiger partial charge on any atom is -0.459 e. The Morgan fingerprint density at radius 2 is 1.27 bits per heavy atom. The third kappa shape index (κ3) is 7.38. The molecule has 0 saturated heterocycles. The monoisotopic (exact) mass is 362 g/mol. The van der Waals surface area contributed by atoms with E-state index in [1.54, 1.807) is 53.7 Å². The third-order valence-electron chi connectivity index (χ3n) is 3.46. The molecule has 0 aliphatic carbocycles. The van der Waals surface area contributed by atoms with Crippen LogP contribution in [-0.2, 0) is 23.9 Å². The first-order valence-corrected chi connectivity index (χ1v) is 8.80. The van der Waals surface area contributed by atoms with Crippen LogP contribution in [0.4, 0.5) is 0 Å². The Bertz CT molecular complexity index is 607. The van der Waals surface area contributed by atoms with Gasteiger partial charge in [-0.3, -0.25) is 9.59 Å². The number of hydrogen-bond acceptors (Lipinski definition) is 5. The Labute approximate surface area is 156 Å². The lowest BCUT2D eigenvalue weighted by Gasteiger charge is -2.30. The van der Waals surface area contributed by atoms with E-state index in [-0.39, 0.29) is 12.2 Å². The molecule has 0 saturated carbocycles. The summed E-state index contributed by atoms with van der Waals surface area (Å²) in [6.07, 6.45) is 0.0488. The maximum absolute atomic E-state index is 12.8. The van der Waals surface area contributed by atoms with Gasteiger partial charge in [-0.2, -0.15) is 0 Å². The van der Waals surface area contributed by atoms with Gasteiger partial charge in [0.2, 0.25) is 0 Å². The largest absolute Gasteiger partial charge is 0.459 e. The van der Waals surface area contributed by atoms with Gasteiger partial charge in [-0.1, -0.05) is 30.3 Å². The summed E-state index contributed by atoms with van der Waals surface area (Å²) in [6, 6.07) is 9.06. The molecule has 1 aromatic carbocycles. The van der Waals surface area contributed by atoms with E-state index in [1.807, 2.05) is 18.2 Å². The molecule has 5 heteroatoms. The Balaban J connectivity index is 3.34.